The molecule has 2 aromatic carbocycles. The minimum Gasteiger partial charge on any atom is -0.488 e. The topological polar surface area (TPSA) is 66.8 Å². The molecule has 9 heteroatoms. The van der Waals surface area contributed by atoms with E-state index in [0.29, 0.717) is 23.0 Å². The number of hydrogen-bond acceptors (Lipinski definition) is 5. The number of sulfone groups is 1. The summed E-state index contributed by atoms with van der Waals surface area (Å²) in [6.07, 6.45) is -0.460. The van der Waals surface area contributed by atoms with Crippen molar-refractivity contribution >= 4 is 33.0 Å². The molecule has 1 saturated heterocycles. The van der Waals surface area contributed by atoms with E-state index in [0.717, 1.165) is 5.56 Å². The van der Waals surface area contributed by atoms with Crippen molar-refractivity contribution in [2.24, 2.45) is 0 Å². The highest BCUT2D eigenvalue weighted by Crippen LogP contribution is 2.26. The lowest BCUT2D eigenvalue weighted by atomic mass is 10.1. The standard InChI is InChI=1S/C20H22Cl2FNO4S/c21-15-6-5-14(18(22)9-15)10-24(16-7-8-29(26,27)13-16)11-17(25)12-28-20-4-2-1-3-19(20)23/h1-6,9,16-17,25H,7-8,10-13H2. The van der Waals surface area contributed by atoms with Crippen LogP contribution in [0.1, 0.15) is 12.0 Å². The Morgan fingerprint density at radius 2 is 2.00 bits per heavy atom. The number of benzene rings is 2. The fraction of sp³-hybridized carbons (Fsp3) is 0.400. The first-order valence-electron chi connectivity index (χ1n) is 9.17. The Morgan fingerprint density at radius 3 is 2.66 bits per heavy atom. The molecule has 3 rings (SSSR count). The molecule has 1 heterocycles. The number of rotatable bonds is 8. The van der Waals surface area contributed by atoms with Gasteiger partial charge >= 0.3 is 0 Å². The highest BCUT2D eigenvalue weighted by molar-refractivity contribution is 7.91. The van der Waals surface area contributed by atoms with Gasteiger partial charge in [-0.05, 0) is 36.2 Å². The van der Waals surface area contributed by atoms with Gasteiger partial charge in [0.2, 0.25) is 0 Å². The SMILES string of the molecule is O=S1(=O)CCC(N(Cc2ccc(Cl)cc2Cl)CC(O)COc2ccccc2F)C1. The number of aliphatic hydroxyl groups is 1. The van der Waals surface area contributed by atoms with Crippen molar-refractivity contribution in [2.75, 3.05) is 24.7 Å². The van der Waals surface area contributed by atoms with Gasteiger partial charge in [0.05, 0.1) is 11.5 Å². The molecule has 2 atom stereocenters. The first kappa shape index (κ1) is 22.3. The van der Waals surface area contributed by atoms with E-state index in [1.54, 1.807) is 30.3 Å². The van der Waals surface area contributed by atoms with Gasteiger partial charge in [-0.25, -0.2) is 12.8 Å². The van der Waals surface area contributed by atoms with E-state index in [9.17, 15) is 17.9 Å². The van der Waals surface area contributed by atoms with Gasteiger partial charge in [-0.3, -0.25) is 4.90 Å². The minimum absolute atomic E-state index is 0.0269. The van der Waals surface area contributed by atoms with Crippen molar-refractivity contribution in [3.05, 3.63) is 63.9 Å². The number of aliphatic hydroxyl groups excluding tert-OH is 1. The lowest BCUT2D eigenvalue weighted by molar-refractivity contribution is 0.0514. The Labute approximate surface area is 179 Å². The smallest absolute Gasteiger partial charge is 0.165 e. The Hall–Kier alpha value is -1.38. The van der Waals surface area contributed by atoms with Crippen LogP contribution < -0.4 is 4.74 Å². The van der Waals surface area contributed by atoms with Gasteiger partial charge in [0.1, 0.15) is 12.7 Å². The summed E-state index contributed by atoms with van der Waals surface area (Å²) in [6, 6.07) is 10.8. The molecule has 1 N–H and O–H groups in total. The van der Waals surface area contributed by atoms with Crippen LogP contribution in [0.4, 0.5) is 4.39 Å². The summed E-state index contributed by atoms with van der Waals surface area (Å²) in [4.78, 5) is 1.88. The molecule has 0 amide bonds. The Kier molecular flexibility index (Phi) is 7.40. The maximum absolute atomic E-state index is 13.7. The Morgan fingerprint density at radius 1 is 1.24 bits per heavy atom. The number of para-hydroxylation sites is 1. The van der Waals surface area contributed by atoms with Gasteiger partial charge in [0.15, 0.2) is 21.4 Å². The second-order valence-corrected chi connectivity index (χ2v) is 10.2. The average Bonchev–Trinajstić information content (AvgIpc) is 3.02. The molecule has 0 saturated carbocycles. The second-order valence-electron chi connectivity index (χ2n) is 7.12. The zero-order chi connectivity index (χ0) is 21.0. The highest BCUT2D eigenvalue weighted by atomic mass is 35.5. The van der Waals surface area contributed by atoms with E-state index < -0.39 is 21.8 Å². The highest BCUT2D eigenvalue weighted by Gasteiger charge is 2.33. The summed E-state index contributed by atoms with van der Waals surface area (Å²) < 4.78 is 43.0. The van der Waals surface area contributed by atoms with Crippen LogP contribution >= 0.6 is 23.2 Å². The molecule has 0 spiro atoms. The predicted molar refractivity (Wildman–Crippen MR) is 112 cm³/mol. The van der Waals surface area contributed by atoms with E-state index in [2.05, 4.69) is 0 Å². The van der Waals surface area contributed by atoms with Crippen molar-refractivity contribution in [1.29, 1.82) is 0 Å². The third-order valence-corrected chi connectivity index (χ3v) is 7.16. The zero-order valence-corrected chi connectivity index (χ0v) is 17.9. The molecule has 0 bridgehead atoms. The van der Waals surface area contributed by atoms with E-state index in [4.69, 9.17) is 27.9 Å². The molecule has 1 fully saturated rings. The largest absolute Gasteiger partial charge is 0.488 e. The number of ether oxygens (including phenoxy) is 1. The molecule has 1 aliphatic rings. The Balaban J connectivity index is 1.69. The van der Waals surface area contributed by atoms with Crippen molar-refractivity contribution in [2.45, 2.75) is 25.1 Å². The van der Waals surface area contributed by atoms with Gasteiger partial charge in [-0.1, -0.05) is 41.4 Å². The molecule has 5 nitrogen and oxygen atoms in total. The van der Waals surface area contributed by atoms with Crippen LogP contribution in [-0.2, 0) is 16.4 Å². The monoisotopic (exact) mass is 461 g/mol. The fourth-order valence-corrected chi connectivity index (χ4v) is 5.58. The van der Waals surface area contributed by atoms with E-state index in [1.165, 1.54) is 12.1 Å². The molecule has 2 aromatic rings. The molecule has 0 aromatic heterocycles. The fourth-order valence-electron chi connectivity index (χ4n) is 3.35. The lowest BCUT2D eigenvalue weighted by Crippen LogP contribution is -2.42. The molecule has 1 aliphatic heterocycles. The van der Waals surface area contributed by atoms with Crippen molar-refractivity contribution in [3.8, 4) is 5.75 Å². The van der Waals surface area contributed by atoms with Gasteiger partial charge < -0.3 is 9.84 Å². The maximum atomic E-state index is 13.7. The average molecular weight is 462 g/mol. The molecule has 0 radical (unpaired) electrons. The van der Waals surface area contributed by atoms with E-state index in [1.807, 2.05) is 4.90 Å². The van der Waals surface area contributed by atoms with Crippen LogP contribution in [0.3, 0.4) is 0 Å². The quantitative estimate of drug-likeness (QED) is 0.650. The summed E-state index contributed by atoms with van der Waals surface area (Å²) in [5, 5.41) is 11.4. The normalized spacial score (nSPS) is 19.4. The predicted octanol–water partition coefficient (Wildman–Crippen LogP) is 3.56. The summed E-state index contributed by atoms with van der Waals surface area (Å²) in [5.41, 5.74) is 0.780. The lowest BCUT2D eigenvalue weighted by Gasteiger charge is -2.30. The maximum Gasteiger partial charge on any atom is 0.165 e. The Bertz CT molecular complexity index is 957. The first-order valence-corrected chi connectivity index (χ1v) is 11.7. The summed E-state index contributed by atoms with van der Waals surface area (Å²) in [5.74, 6) is -0.308. The van der Waals surface area contributed by atoms with Crippen LogP contribution in [-0.4, -0.2) is 55.2 Å². The summed E-state index contributed by atoms with van der Waals surface area (Å²) in [7, 11) is -3.10. The summed E-state index contributed by atoms with van der Waals surface area (Å²) in [6.45, 7) is 0.395. The number of hydrogen-bond donors (Lipinski definition) is 1. The zero-order valence-electron chi connectivity index (χ0n) is 15.6. The van der Waals surface area contributed by atoms with Gasteiger partial charge in [-0.2, -0.15) is 0 Å². The number of halogens is 3. The molecular formula is C20H22Cl2FNO4S. The van der Waals surface area contributed by atoms with Crippen LogP contribution in [0.25, 0.3) is 0 Å². The van der Waals surface area contributed by atoms with E-state index in [-0.39, 0.29) is 36.4 Å². The van der Waals surface area contributed by atoms with Crippen LogP contribution in [0, 0.1) is 5.82 Å². The minimum atomic E-state index is -3.10. The van der Waals surface area contributed by atoms with E-state index >= 15 is 0 Å². The molecule has 0 aliphatic carbocycles. The third kappa shape index (κ3) is 6.30. The van der Waals surface area contributed by atoms with Gasteiger partial charge in [0.25, 0.3) is 0 Å². The second kappa shape index (κ2) is 9.62. The van der Waals surface area contributed by atoms with Crippen LogP contribution in [0.5, 0.6) is 5.75 Å². The van der Waals surface area contributed by atoms with Gasteiger partial charge in [0, 0.05) is 29.2 Å². The van der Waals surface area contributed by atoms with Crippen molar-refractivity contribution in [3.63, 3.8) is 0 Å². The van der Waals surface area contributed by atoms with Crippen LogP contribution in [0.2, 0.25) is 10.0 Å². The first-order chi connectivity index (χ1) is 13.7. The molecule has 2 unspecified atom stereocenters. The molecule has 29 heavy (non-hydrogen) atoms. The summed E-state index contributed by atoms with van der Waals surface area (Å²) >= 11 is 12.2. The molecule has 158 valence electrons. The van der Waals surface area contributed by atoms with Gasteiger partial charge in [-0.15, -0.1) is 0 Å². The van der Waals surface area contributed by atoms with Crippen molar-refractivity contribution < 1.29 is 22.7 Å². The van der Waals surface area contributed by atoms with Crippen molar-refractivity contribution in [1.82, 2.24) is 4.90 Å². The third-order valence-electron chi connectivity index (χ3n) is 4.83. The van der Waals surface area contributed by atoms with Crippen LogP contribution in [0.15, 0.2) is 42.5 Å². The molecular weight excluding hydrogens is 440 g/mol. The number of nitrogens with zero attached hydrogens (tertiary/aromatic N) is 1.